The van der Waals surface area contributed by atoms with E-state index in [0.717, 1.165) is 29.4 Å². The quantitative estimate of drug-likeness (QED) is 0.352. The van der Waals surface area contributed by atoms with E-state index in [2.05, 4.69) is 15.6 Å². The maximum Gasteiger partial charge on any atom is 0.424 e. The first-order chi connectivity index (χ1) is 18.4. The minimum Gasteiger partial charge on any atom is -0.448 e. The zero-order chi connectivity index (χ0) is 26.9. The summed E-state index contributed by atoms with van der Waals surface area (Å²) in [7, 11) is 0. The number of aliphatic hydroxyl groups is 1. The standard InChI is InChI=1S/C28H33N5O5/c1-2-3-14-38-28(37)33-18-22-10-5-4-9-21(22)17-32(33)19-23(34)15-29-26(35)16-30-27(36)25-13-12-20-8-6-7-11-24(20)31-25/h4-13,23,34H,2-3,14-19H2,1H3,(H,29,35)(H,30,36). The average molecular weight is 520 g/mol. The zero-order valence-corrected chi connectivity index (χ0v) is 21.4. The van der Waals surface area contributed by atoms with Crippen molar-refractivity contribution in [3.63, 3.8) is 0 Å². The van der Waals surface area contributed by atoms with Crippen molar-refractivity contribution in [3.05, 3.63) is 77.5 Å². The third-order valence-electron chi connectivity index (χ3n) is 6.26. The van der Waals surface area contributed by atoms with E-state index in [1.54, 1.807) is 17.1 Å². The molecule has 0 bridgehead atoms. The van der Waals surface area contributed by atoms with E-state index >= 15 is 0 Å². The molecule has 10 nitrogen and oxygen atoms in total. The Morgan fingerprint density at radius 2 is 1.74 bits per heavy atom. The fraction of sp³-hybridized carbons (Fsp3) is 0.357. The SMILES string of the molecule is CCCCOC(=O)N1Cc2ccccc2CN1CC(O)CNC(=O)CNC(=O)c1ccc2ccccc2n1. The Kier molecular flexibility index (Phi) is 9.23. The lowest BCUT2D eigenvalue weighted by atomic mass is 10.1. The van der Waals surface area contributed by atoms with Gasteiger partial charge in [-0.1, -0.05) is 61.9 Å². The van der Waals surface area contributed by atoms with Crippen LogP contribution in [0, 0.1) is 0 Å². The molecule has 1 aliphatic rings. The summed E-state index contributed by atoms with van der Waals surface area (Å²) < 4.78 is 5.41. The number of carbonyl (C=O) groups excluding carboxylic acids is 3. The van der Waals surface area contributed by atoms with Gasteiger partial charge in [0.05, 0.1) is 31.3 Å². The molecule has 0 aliphatic carbocycles. The van der Waals surface area contributed by atoms with Gasteiger partial charge in [0.25, 0.3) is 5.91 Å². The number of hydrogen-bond acceptors (Lipinski definition) is 7. The molecule has 0 saturated heterocycles. The highest BCUT2D eigenvalue weighted by atomic mass is 16.6. The summed E-state index contributed by atoms with van der Waals surface area (Å²) in [5.74, 6) is -0.909. The smallest absolute Gasteiger partial charge is 0.424 e. The number of aliphatic hydroxyl groups excluding tert-OH is 1. The Hall–Kier alpha value is -4.02. The summed E-state index contributed by atoms with van der Waals surface area (Å²) >= 11 is 0. The van der Waals surface area contributed by atoms with Gasteiger partial charge in [-0.2, -0.15) is 0 Å². The van der Waals surface area contributed by atoms with Gasteiger partial charge in [-0.25, -0.2) is 19.8 Å². The van der Waals surface area contributed by atoms with Gasteiger partial charge in [0.15, 0.2) is 0 Å². The molecule has 0 spiro atoms. The summed E-state index contributed by atoms with van der Waals surface area (Å²) in [5, 5.41) is 20.0. The second-order valence-electron chi connectivity index (χ2n) is 9.17. The number of fused-ring (bicyclic) bond motifs is 2. The fourth-order valence-corrected chi connectivity index (χ4v) is 4.18. The number of nitrogens with zero attached hydrogens (tertiary/aromatic N) is 3. The predicted molar refractivity (Wildman–Crippen MR) is 142 cm³/mol. The topological polar surface area (TPSA) is 124 Å². The number of β-amino-alcohol motifs (C(OH)–C–C–N with tert-alkyl or cyclic N) is 1. The molecule has 0 fully saturated rings. The van der Waals surface area contributed by atoms with E-state index in [1.165, 1.54) is 5.01 Å². The molecule has 3 amide bonds. The van der Waals surface area contributed by atoms with Gasteiger partial charge in [-0.3, -0.25) is 9.59 Å². The fourth-order valence-electron chi connectivity index (χ4n) is 4.18. The number of hydrazine groups is 1. The molecule has 200 valence electrons. The number of rotatable bonds is 10. The van der Waals surface area contributed by atoms with E-state index in [1.807, 2.05) is 55.5 Å². The van der Waals surface area contributed by atoms with Crippen LogP contribution in [0.3, 0.4) is 0 Å². The Bertz CT molecular complexity index is 1280. The van der Waals surface area contributed by atoms with Crippen LogP contribution in [0.25, 0.3) is 10.9 Å². The van der Waals surface area contributed by atoms with Crippen LogP contribution >= 0.6 is 0 Å². The molecule has 10 heteroatoms. The molecule has 4 rings (SSSR count). The second-order valence-corrected chi connectivity index (χ2v) is 9.17. The third kappa shape index (κ3) is 7.05. The van der Waals surface area contributed by atoms with Crippen molar-refractivity contribution in [1.29, 1.82) is 0 Å². The van der Waals surface area contributed by atoms with E-state index in [0.29, 0.717) is 25.2 Å². The Balaban J connectivity index is 1.27. The molecule has 38 heavy (non-hydrogen) atoms. The molecule has 0 saturated carbocycles. The van der Waals surface area contributed by atoms with Crippen molar-refractivity contribution >= 4 is 28.8 Å². The summed E-state index contributed by atoms with van der Waals surface area (Å²) in [5.41, 5.74) is 2.99. The highest BCUT2D eigenvalue weighted by Gasteiger charge is 2.30. The maximum atomic E-state index is 12.7. The number of unbranched alkanes of at least 4 members (excludes halogenated alkanes) is 1. The lowest BCUT2D eigenvalue weighted by Gasteiger charge is -2.39. The van der Waals surface area contributed by atoms with Crippen molar-refractivity contribution < 1.29 is 24.2 Å². The minimum absolute atomic E-state index is 0.0419. The number of hydrogen-bond donors (Lipinski definition) is 3. The molecule has 0 radical (unpaired) electrons. The highest BCUT2D eigenvalue weighted by Crippen LogP contribution is 2.23. The number of para-hydroxylation sites is 1. The maximum absolute atomic E-state index is 12.7. The van der Waals surface area contributed by atoms with E-state index in [4.69, 9.17) is 4.74 Å². The zero-order valence-electron chi connectivity index (χ0n) is 21.4. The Morgan fingerprint density at radius 3 is 2.53 bits per heavy atom. The monoisotopic (exact) mass is 519 g/mol. The van der Waals surface area contributed by atoms with E-state index < -0.39 is 24.0 Å². The lowest BCUT2D eigenvalue weighted by molar-refractivity contribution is -0.121. The van der Waals surface area contributed by atoms with Crippen LogP contribution in [0.5, 0.6) is 0 Å². The number of benzene rings is 2. The molecule has 1 unspecified atom stereocenters. The molecular weight excluding hydrogens is 486 g/mol. The second kappa shape index (κ2) is 13.0. The number of carbonyl (C=O) groups is 3. The van der Waals surface area contributed by atoms with Crippen LogP contribution < -0.4 is 10.6 Å². The molecule has 3 N–H and O–H groups in total. The van der Waals surface area contributed by atoms with Crippen LogP contribution in [0.1, 0.15) is 41.4 Å². The third-order valence-corrected chi connectivity index (χ3v) is 6.26. The van der Waals surface area contributed by atoms with Crippen molar-refractivity contribution in [2.75, 3.05) is 26.2 Å². The Morgan fingerprint density at radius 1 is 1.00 bits per heavy atom. The van der Waals surface area contributed by atoms with Crippen molar-refractivity contribution in [3.8, 4) is 0 Å². The summed E-state index contributed by atoms with van der Waals surface area (Å²) in [6.45, 7) is 2.94. The number of amides is 3. The van der Waals surface area contributed by atoms with Gasteiger partial charge in [-0.05, 0) is 29.7 Å². The molecule has 3 aromatic rings. The van der Waals surface area contributed by atoms with Crippen molar-refractivity contribution in [1.82, 2.24) is 25.6 Å². The van der Waals surface area contributed by atoms with Gasteiger partial charge in [0.1, 0.15) is 5.69 Å². The van der Waals surface area contributed by atoms with Gasteiger partial charge in [-0.15, -0.1) is 0 Å². The first-order valence-electron chi connectivity index (χ1n) is 12.8. The molecule has 1 aliphatic heterocycles. The summed E-state index contributed by atoms with van der Waals surface area (Å²) in [4.78, 5) is 41.8. The van der Waals surface area contributed by atoms with Crippen LogP contribution in [-0.2, 0) is 22.6 Å². The predicted octanol–water partition coefficient (Wildman–Crippen LogP) is 2.61. The average Bonchev–Trinajstić information content (AvgIpc) is 2.94. The molecular formula is C28H33N5O5. The van der Waals surface area contributed by atoms with Crippen LogP contribution in [0.15, 0.2) is 60.7 Å². The lowest BCUT2D eigenvalue weighted by Crippen LogP contribution is -2.53. The van der Waals surface area contributed by atoms with Gasteiger partial charge in [0, 0.05) is 25.0 Å². The van der Waals surface area contributed by atoms with Crippen molar-refractivity contribution in [2.45, 2.75) is 39.0 Å². The Labute approximate surface area is 221 Å². The number of nitrogens with one attached hydrogen (secondary N) is 2. The molecule has 2 aromatic carbocycles. The first kappa shape index (κ1) is 27.0. The molecule has 1 atom stereocenters. The van der Waals surface area contributed by atoms with Crippen molar-refractivity contribution in [2.24, 2.45) is 0 Å². The van der Waals surface area contributed by atoms with Gasteiger partial charge >= 0.3 is 6.09 Å². The van der Waals surface area contributed by atoms with Crippen LogP contribution in [0.4, 0.5) is 4.79 Å². The number of ether oxygens (including phenoxy) is 1. The molecule has 1 aromatic heterocycles. The van der Waals surface area contributed by atoms with E-state index in [-0.39, 0.29) is 25.3 Å². The normalized spacial score (nSPS) is 14.0. The number of aromatic nitrogens is 1. The summed E-state index contributed by atoms with van der Waals surface area (Å²) in [6.07, 6.45) is 0.276. The highest BCUT2D eigenvalue weighted by molar-refractivity contribution is 5.96. The first-order valence-corrected chi connectivity index (χ1v) is 12.8. The van der Waals surface area contributed by atoms with Gasteiger partial charge in [0.2, 0.25) is 5.91 Å². The number of pyridine rings is 1. The molecule has 2 heterocycles. The minimum atomic E-state index is -0.951. The van der Waals surface area contributed by atoms with E-state index in [9.17, 15) is 19.5 Å². The van der Waals surface area contributed by atoms with Gasteiger partial charge < -0.3 is 20.5 Å². The summed E-state index contributed by atoms with van der Waals surface area (Å²) in [6, 6.07) is 18.7. The largest absolute Gasteiger partial charge is 0.448 e. The van der Waals surface area contributed by atoms with Crippen LogP contribution in [0.2, 0.25) is 0 Å². The van der Waals surface area contributed by atoms with Crippen LogP contribution in [-0.4, -0.2) is 70.4 Å².